The Hall–Kier alpha value is -2.04. The Balaban J connectivity index is 1.55. The average molecular weight is 285 g/mol. The largest absolute Gasteiger partial charge is 0.508 e. The number of aromatic hydroxyl groups is 1. The number of hydrogen-bond donors (Lipinski definition) is 1. The van der Waals surface area contributed by atoms with E-state index in [0.717, 1.165) is 36.6 Å². The minimum Gasteiger partial charge on any atom is -0.508 e. The van der Waals surface area contributed by atoms with E-state index in [4.69, 9.17) is 9.47 Å². The van der Waals surface area contributed by atoms with Crippen molar-refractivity contribution in [3.05, 3.63) is 48.5 Å². The molecule has 21 heavy (non-hydrogen) atoms. The van der Waals surface area contributed by atoms with Gasteiger partial charge in [-0.05, 0) is 35.4 Å². The second-order valence-electron chi connectivity index (χ2n) is 5.08. The van der Waals surface area contributed by atoms with Crippen LogP contribution in [-0.4, -0.2) is 43.0 Å². The first-order valence-electron chi connectivity index (χ1n) is 7.14. The summed E-state index contributed by atoms with van der Waals surface area (Å²) in [5, 5.41) is 9.30. The molecule has 1 N–H and O–H groups in total. The maximum Gasteiger partial charge on any atom is 0.119 e. The summed E-state index contributed by atoms with van der Waals surface area (Å²) in [4.78, 5) is 2.23. The summed E-state index contributed by atoms with van der Waals surface area (Å²) >= 11 is 0. The Labute approximate surface area is 124 Å². The number of phenols is 1. The fourth-order valence-electron chi connectivity index (χ4n) is 2.32. The van der Waals surface area contributed by atoms with Gasteiger partial charge in [-0.25, -0.2) is 0 Å². The van der Waals surface area contributed by atoms with E-state index in [-0.39, 0.29) is 5.75 Å². The second-order valence-corrected chi connectivity index (χ2v) is 5.08. The topological polar surface area (TPSA) is 41.9 Å². The molecule has 1 aliphatic heterocycles. The van der Waals surface area contributed by atoms with Crippen LogP contribution in [0.25, 0.3) is 11.1 Å². The molecule has 4 heteroatoms. The standard InChI is InChI=1S/C17H19NO3/c19-16-5-1-14(2-6-16)15-3-7-17(8-4-15)21-12-10-18-9-11-20-13-18/h1-8,19H,9-13H2. The maximum absolute atomic E-state index is 9.30. The van der Waals surface area contributed by atoms with Crippen LogP contribution in [0.5, 0.6) is 11.5 Å². The zero-order valence-corrected chi connectivity index (χ0v) is 11.9. The van der Waals surface area contributed by atoms with Crippen LogP contribution in [-0.2, 0) is 4.74 Å². The summed E-state index contributed by atoms with van der Waals surface area (Å²) in [6, 6.07) is 15.2. The van der Waals surface area contributed by atoms with Gasteiger partial charge in [-0.15, -0.1) is 0 Å². The molecular formula is C17H19NO3. The van der Waals surface area contributed by atoms with E-state index in [1.807, 2.05) is 36.4 Å². The highest BCUT2D eigenvalue weighted by atomic mass is 16.5. The molecule has 0 amide bonds. The number of benzene rings is 2. The quantitative estimate of drug-likeness (QED) is 0.917. The Kier molecular flexibility index (Phi) is 4.38. The number of ether oxygens (including phenoxy) is 2. The minimum absolute atomic E-state index is 0.282. The third-order valence-corrected chi connectivity index (χ3v) is 3.56. The lowest BCUT2D eigenvalue weighted by Gasteiger charge is -2.13. The van der Waals surface area contributed by atoms with Gasteiger partial charge in [0.1, 0.15) is 18.1 Å². The molecule has 2 aromatic carbocycles. The molecule has 0 bridgehead atoms. The number of hydrogen-bond acceptors (Lipinski definition) is 4. The van der Waals surface area contributed by atoms with E-state index < -0.39 is 0 Å². The first-order valence-corrected chi connectivity index (χ1v) is 7.14. The first-order chi connectivity index (χ1) is 10.3. The van der Waals surface area contributed by atoms with Gasteiger partial charge >= 0.3 is 0 Å². The summed E-state index contributed by atoms with van der Waals surface area (Å²) in [6.45, 7) is 4.08. The number of rotatable bonds is 5. The molecule has 2 aromatic rings. The molecule has 3 rings (SSSR count). The number of nitrogens with zero attached hydrogens (tertiary/aromatic N) is 1. The van der Waals surface area contributed by atoms with Crippen molar-refractivity contribution in [3.63, 3.8) is 0 Å². The smallest absolute Gasteiger partial charge is 0.119 e. The van der Waals surface area contributed by atoms with E-state index in [0.29, 0.717) is 13.3 Å². The van der Waals surface area contributed by atoms with Crippen molar-refractivity contribution in [1.29, 1.82) is 0 Å². The van der Waals surface area contributed by atoms with Crippen molar-refractivity contribution < 1.29 is 14.6 Å². The van der Waals surface area contributed by atoms with Crippen LogP contribution in [0.4, 0.5) is 0 Å². The molecule has 0 saturated carbocycles. The fraction of sp³-hybridized carbons (Fsp3) is 0.294. The van der Waals surface area contributed by atoms with Gasteiger partial charge in [-0.1, -0.05) is 24.3 Å². The van der Waals surface area contributed by atoms with Crippen molar-refractivity contribution in [3.8, 4) is 22.6 Å². The van der Waals surface area contributed by atoms with Crippen LogP contribution in [0.1, 0.15) is 0 Å². The van der Waals surface area contributed by atoms with Gasteiger partial charge in [0.15, 0.2) is 0 Å². The molecule has 0 atom stereocenters. The molecule has 0 spiro atoms. The van der Waals surface area contributed by atoms with Crippen molar-refractivity contribution in [2.24, 2.45) is 0 Å². The van der Waals surface area contributed by atoms with Crippen LogP contribution in [0.2, 0.25) is 0 Å². The summed E-state index contributed by atoms with van der Waals surface area (Å²) in [5.41, 5.74) is 2.18. The van der Waals surface area contributed by atoms with Crippen LogP contribution in [0, 0.1) is 0 Å². The van der Waals surface area contributed by atoms with Gasteiger partial charge in [-0.2, -0.15) is 0 Å². The lowest BCUT2D eigenvalue weighted by molar-refractivity contribution is 0.129. The van der Waals surface area contributed by atoms with Gasteiger partial charge in [0.2, 0.25) is 0 Å². The van der Waals surface area contributed by atoms with Crippen molar-refractivity contribution in [1.82, 2.24) is 4.90 Å². The highest BCUT2D eigenvalue weighted by Crippen LogP contribution is 2.24. The van der Waals surface area contributed by atoms with Gasteiger partial charge < -0.3 is 14.6 Å². The summed E-state index contributed by atoms with van der Waals surface area (Å²) < 4.78 is 11.0. The number of phenolic OH excluding ortho intramolecular Hbond substituents is 1. The van der Waals surface area contributed by atoms with Crippen LogP contribution in [0.15, 0.2) is 48.5 Å². The normalized spacial score (nSPS) is 15.2. The van der Waals surface area contributed by atoms with E-state index in [9.17, 15) is 5.11 Å². The van der Waals surface area contributed by atoms with Crippen LogP contribution < -0.4 is 4.74 Å². The Morgan fingerprint density at radius 3 is 2.29 bits per heavy atom. The van der Waals surface area contributed by atoms with Gasteiger partial charge in [0.05, 0.1) is 13.3 Å². The van der Waals surface area contributed by atoms with Gasteiger partial charge in [0, 0.05) is 13.1 Å². The summed E-state index contributed by atoms with van der Waals surface area (Å²) in [7, 11) is 0. The third kappa shape index (κ3) is 3.74. The van der Waals surface area contributed by atoms with Gasteiger partial charge in [0.25, 0.3) is 0 Å². The molecule has 0 aromatic heterocycles. The SMILES string of the molecule is Oc1ccc(-c2ccc(OCCN3CCOC3)cc2)cc1. The second kappa shape index (κ2) is 6.61. The van der Waals surface area contributed by atoms with E-state index in [2.05, 4.69) is 4.90 Å². The van der Waals surface area contributed by atoms with Crippen molar-refractivity contribution >= 4 is 0 Å². The lowest BCUT2D eigenvalue weighted by Crippen LogP contribution is -2.25. The Bertz CT molecular complexity index is 560. The van der Waals surface area contributed by atoms with Crippen molar-refractivity contribution in [2.75, 3.05) is 33.0 Å². The molecule has 110 valence electrons. The molecule has 1 heterocycles. The molecular weight excluding hydrogens is 266 g/mol. The third-order valence-electron chi connectivity index (χ3n) is 3.56. The van der Waals surface area contributed by atoms with Crippen LogP contribution in [0.3, 0.4) is 0 Å². The van der Waals surface area contributed by atoms with E-state index in [1.54, 1.807) is 12.1 Å². The lowest BCUT2D eigenvalue weighted by atomic mass is 10.1. The van der Waals surface area contributed by atoms with Crippen LogP contribution >= 0.6 is 0 Å². The summed E-state index contributed by atoms with van der Waals surface area (Å²) in [5.74, 6) is 1.15. The minimum atomic E-state index is 0.282. The average Bonchev–Trinajstić information content (AvgIpc) is 3.02. The van der Waals surface area contributed by atoms with Gasteiger partial charge in [-0.3, -0.25) is 4.90 Å². The van der Waals surface area contributed by atoms with Crippen molar-refractivity contribution in [2.45, 2.75) is 0 Å². The van der Waals surface area contributed by atoms with E-state index in [1.165, 1.54) is 0 Å². The molecule has 4 nitrogen and oxygen atoms in total. The predicted octanol–water partition coefficient (Wildman–Crippen LogP) is 2.73. The summed E-state index contributed by atoms with van der Waals surface area (Å²) in [6.07, 6.45) is 0. The molecule has 0 unspecified atom stereocenters. The molecule has 1 saturated heterocycles. The highest BCUT2D eigenvalue weighted by Gasteiger charge is 2.11. The first kappa shape index (κ1) is 13.9. The Morgan fingerprint density at radius 2 is 1.67 bits per heavy atom. The fourth-order valence-corrected chi connectivity index (χ4v) is 2.32. The monoisotopic (exact) mass is 285 g/mol. The molecule has 1 fully saturated rings. The van der Waals surface area contributed by atoms with E-state index >= 15 is 0 Å². The highest BCUT2D eigenvalue weighted by molar-refractivity contribution is 5.64. The zero-order chi connectivity index (χ0) is 14.5. The molecule has 1 aliphatic rings. The predicted molar refractivity (Wildman–Crippen MR) is 81.4 cm³/mol. The zero-order valence-electron chi connectivity index (χ0n) is 11.9. The maximum atomic E-state index is 9.30. The Morgan fingerprint density at radius 1 is 1.00 bits per heavy atom. The molecule has 0 radical (unpaired) electrons. The molecule has 0 aliphatic carbocycles.